The number of rotatable bonds is 4. The number of ether oxygens (including phenoxy) is 1. The van der Waals surface area contributed by atoms with Gasteiger partial charge in [-0.1, -0.05) is 23.7 Å². The fraction of sp³-hybridized carbons (Fsp3) is 0.118. The van der Waals surface area contributed by atoms with Crippen molar-refractivity contribution in [3.05, 3.63) is 65.6 Å². The van der Waals surface area contributed by atoms with Gasteiger partial charge in [-0.05, 0) is 23.8 Å². The second-order valence-electron chi connectivity index (χ2n) is 5.27. The summed E-state index contributed by atoms with van der Waals surface area (Å²) in [5.74, 6) is -0.473. The normalized spacial score (nSPS) is 12.6. The van der Waals surface area contributed by atoms with E-state index in [1.807, 2.05) is 0 Å². The molecule has 0 unspecified atom stereocenters. The number of nitrogen functional groups attached to an aromatic ring is 1. The van der Waals surface area contributed by atoms with Crippen LogP contribution < -0.4 is 10.5 Å². The minimum atomic E-state index is -4.70. The maximum absolute atomic E-state index is 13.7. The van der Waals surface area contributed by atoms with Gasteiger partial charge in [0.05, 0.1) is 0 Å². The number of hydrogen-bond acceptors (Lipinski definition) is 5. The number of nitrogens with zero attached hydrogens (tertiary/aromatic N) is 3. The lowest BCUT2D eigenvalue weighted by Crippen LogP contribution is -2.27. The molecule has 0 saturated heterocycles. The Morgan fingerprint density at radius 1 is 1.12 bits per heavy atom. The van der Waals surface area contributed by atoms with Crippen LogP contribution in [0.2, 0.25) is 5.02 Å². The molecule has 1 atom stereocenters. The van der Waals surface area contributed by atoms with Crippen LogP contribution in [0.5, 0.6) is 5.88 Å². The molecule has 0 aliphatic rings. The minimum Gasteiger partial charge on any atom is -0.460 e. The fourth-order valence-electron chi connectivity index (χ4n) is 2.38. The van der Waals surface area contributed by atoms with Gasteiger partial charge in [-0.15, -0.1) is 0 Å². The third-order valence-electron chi connectivity index (χ3n) is 3.45. The smallest absolute Gasteiger partial charge is 0.429 e. The zero-order valence-electron chi connectivity index (χ0n) is 13.1. The molecule has 0 spiro atoms. The molecular weight excluding hydrogens is 369 g/mol. The molecule has 0 saturated carbocycles. The number of anilines is 1. The Bertz CT molecular complexity index is 906. The molecule has 3 rings (SSSR count). The van der Waals surface area contributed by atoms with E-state index >= 15 is 0 Å². The van der Waals surface area contributed by atoms with E-state index in [0.717, 1.165) is 0 Å². The Kier molecular flexibility index (Phi) is 4.94. The maximum atomic E-state index is 13.7. The van der Waals surface area contributed by atoms with Gasteiger partial charge in [0.25, 0.3) is 0 Å². The van der Waals surface area contributed by atoms with Gasteiger partial charge in [-0.25, -0.2) is 4.98 Å². The van der Waals surface area contributed by atoms with Crippen LogP contribution in [-0.2, 0) is 0 Å². The van der Waals surface area contributed by atoms with Crippen LogP contribution in [0.15, 0.2) is 55.0 Å². The van der Waals surface area contributed by atoms with Crippen molar-refractivity contribution in [3.63, 3.8) is 0 Å². The van der Waals surface area contributed by atoms with Crippen LogP contribution in [0.1, 0.15) is 11.7 Å². The number of halogens is 4. The largest absolute Gasteiger partial charge is 0.460 e. The average molecular weight is 381 g/mol. The highest BCUT2D eigenvalue weighted by atomic mass is 35.5. The Morgan fingerprint density at radius 3 is 2.58 bits per heavy atom. The number of hydrogen-bond donors (Lipinski definition) is 1. The van der Waals surface area contributed by atoms with Crippen LogP contribution in [0.25, 0.3) is 11.1 Å². The number of benzene rings is 1. The van der Waals surface area contributed by atoms with Crippen LogP contribution in [0, 0.1) is 0 Å². The van der Waals surface area contributed by atoms with Crippen molar-refractivity contribution in [3.8, 4) is 17.0 Å². The van der Waals surface area contributed by atoms with Crippen LogP contribution in [0.3, 0.4) is 0 Å². The molecule has 2 heterocycles. The maximum Gasteiger partial charge on any atom is 0.429 e. The summed E-state index contributed by atoms with van der Waals surface area (Å²) in [5, 5.41) is 0.291. The fourth-order valence-corrected chi connectivity index (χ4v) is 2.55. The predicted octanol–water partition coefficient (Wildman–Crippen LogP) is 4.46. The Morgan fingerprint density at radius 2 is 1.92 bits per heavy atom. The lowest BCUT2D eigenvalue weighted by atomic mass is 9.97. The molecule has 5 nitrogen and oxygen atoms in total. The summed E-state index contributed by atoms with van der Waals surface area (Å²) in [4.78, 5) is 11.3. The highest BCUT2D eigenvalue weighted by Gasteiger charge is 2.44. The third-order valence-corrected chi connectivity index (χ3v) is 3.69. The summed E-state index contributed by atoms with van der Waals surface area (Å²) in [6, 6.07) is 8.53. The quantitative estimate of drug-likeness (QED) is 0.723. The standard InChI is InChI=1S/C17H12ClF3N4O/c18-11-3-4-12(13(8-11)10-2-1-6-23-9-10)15(17(19,20)21)26-14-5-7-24-16(22)25-14/h1-9,15H,(H2,22,24,25)/t15-/m1/s1. The number of alkyl halides is 3. The molecule has 3 aromatic rings. The first-order valence-electron chi connectivity index (χ1n) is 7.36. The van der Waals surface area contributed by atoms with Gasteiger partial charge in [0.15, 0.2) is 0 Å². The summed E-state index contributed by atoms with van der Waals surface area (Å²) in [7, 11) is 0. The topological polar surface area (TPSA) is 73.9 Å². The number of nitrogens with two attached hydrogens (primary N) is 1. The van der Waals surface area contributed by atoms with Crippen molar-refractivity contribution in [1.82, 2.24) is 15.0 Å². The minimum absolute atomic E-state index is 0.118. The Hall–Kier alpha value is -2.87. The van der Waals surface area contributed by atoms with E-state index in [0.29, 0.717) is 10.6 Å². The van der Waals surface area contributed by atoms with E-state index in [9.17, 15) is 13.2 Å². The van der Waals surface area contributed by atoms with Crippen LogP contribution in [-0.4, -0.2) is 21.1 Å². The molecule has 0 aliphatic heterocycles. The van der Waals surface area contributed by atoms with Crippen molar-refractivity contribution in [2.45, 2.75) is 12.3 Å². The molecule has 2 aromatic heterocycles. The highest BCUT2D eigenvalue weighted by Crippen LogP contribution is 2.41. The first kappa shape index (κ1) is 17.9. The molecule has 0 amide bonds. The van der Waals surface area contributed by atoms with Gasteiger partial charge in [-0.3, -0.25) is 4.98 Å². The first-order chi connectivity index (χ1) is 12.3. The van der Waals surface area contributed by atoms with Crippen molar-refractivity contribution < 1.29 is 17.9 Å². The average Bonchev–Trinajstić information content (AvgIpc) is 2.60. The number of pyridine rings is 1. The van der Waals surface area contributed by atoms with Crippen LogP contribution >= 0.6 is 11.6 Å². The number of aromatic nitrogens is 3. The molecule has 134 valence electrons. The zero-order chi connectivity index (χ0) is 18.7. The highest BCUT2D eigenvalue weighted by molar-refractivity contribution is 6.30. The van der Waals surface area contributed by atoms with Crippen molar-refractivity contribution >= 4 is 17.5 Å². The van der Waals surface area contributed by atoms with Gasteiger partial charge in [0.2, 0.25) is 17.9 Å². The molecule has 1 aromatic carbocycles. The van der Waals surface area contributed by atoms with E-state index in [1.54, 1.807) is 12.1 Å². The Balaban J connectivity index is 2.10. The first-order valence-corrected chi connectivity index (χ1v) is 7.74. The molecule has 9 heteroatoms. The van der Waals surface area contributed by atoms with Gasteiger partial charge >= 0.3 is 6.18 Å². The van der Waals surface area contributed by atoms with E-state index in [4.69, 9.17) is 22.1 Å². The molecule has 0 radical (unpaired) electrons. The van der Waals surface area contributed by atoms with Crippen LogP contribution in [0.4, 0.5) is 19.1 Å². The summed E-state index contributed by atoms with van der Waals surface area (Å²) in [6.45, 7) is 0. The molecule has 2 N–H and O–H groups in total. The van der Waals surface area contributed by atoms with Gasteiger partial charge in [0, 0.05) is 40.8 Å². The Labute approximate surface area is 151 Å². The third kappa shape index (κ3) is 4.02. The summed E-state index contributed by atoms with van der Waals surface area (Å²) in [6.07, 6.45) is -2.79. The summed E-state index contributed by atoms with van der Waals surface area (Å²) in [5.41, 5.74) is 6.03. The predicted molar refractivity (Wildman–Crippen MR) is 90.6 cm³/mol. The second kappa shape index (κ2) is 7.17. The molecule has 0 bridgehead atoms. The van der Waals surface area contributed by atoms with Gasteiger partial charge in [0.1, 0.15) is 0 Å². The lowest BCUT2D eigenvalue weighted by Gasteiger charge is -2.24. The molecule has 0 fully saturated rings. The molecular formula is C17H12ClF3N4O. The van der Waals surface area contributed by atoms with E-state index in [-0.39, 0.29) is 23.0 Å². The summed E-state index contributed by atoms with van der Waals surface area (Å²) < 4.78 is 46.3. The van der Waals surface area contributed by atoms with Crippen molar-refractivity contribution in [2.75, 3.05) is 5.73 Å². The van der Waals surface area contributed by atoms with Crippen molar-refractivity contribution in [1.29, 1.82) is 0 Å². The van der Waals surface area contributed by atoms with E-state index < -0.39 is 12.3 Å². The van der Waals surface area contributed by atoms with E-state index in [1.165, 1.54) is 42.9 Å². The SMILES string of the molecule is Nc1nccc(O[C@H](c2ccc(Cl)cc2-c2cccnc2)C(F)(F)F)n1. The van der Waals surface area contributed by atoms with Gasteiger partial charge < -0.3 is 10.5 Å². The molecule has 26 heavy (non-hydrogen) atoms. The monoisotopic (exact) mass is 380 g/mol. The van der Waals surface area contributed by atoms with E-state index in [2.05, 4.69) is 15.0 Å². The molecule has 0 aliphatic carbocycles. The van der Waals surface area contributed by atoms with Gasteiger partial charge in [-0.2, -0.15) is 18.2 Å². The second-order valence-corrected chi connectivity index (χ2v) is 5.70. The summed E-state index contributed by atoms with van der Waals surface area (Å²) >= 11 is 5.99. The zero-order valence-corrected chi connectivity index (χ0v) is 13.9. The van der Waals surface area contributed by atoms with Crippen molar-refractivity contribution in [2.24, 2.45) is 0 Å². The lowest BCUT2D eigenvalue weighted by molar-refractivity contribution is -0.198.